The summed E-state index contributed by atoms with van der Waals surface area (Å²) in [4.78, 5) is 12.3. The van der Waals surface area contributed by atoms with Gasteiger partial charge in [-0.2, -0.15) is 0 Å². The Bertz CT molecular complexity index is 554. The SMILES string of the molecule is O=C(NCC1(CO)CC1)NC(c1ccccc1F)C1CCCC1. The highest BCUT2D eigenvalue weighted by atomic mass is 19.1. The average Bonchev–Trinajstić information content (AvgIpc) is 3.14. The van der Waals surface area contributed by atoms with Crippen LogP contribution in [-0.4, -0.2) is 24.3 Å². The zero-order valence-electron chi connectivity index (χ0n) is 13.4. The van der Waals surface area contributed by atoms with Gasteiger partial charge in [0.05, 0.1) is 12.6 Å². The van der Waals surface area contributed by atoms with Crippen molar-refractivity contribution in [3.63, 3.8) is 0 Å². The van der Waals surface area contributed by atoms with Gasteiger partial charge in [0.2, 0.25) is 0 Å². The van der Waals surface area contributed by atoms with Crippen molar-refractivity contribution < 1.29 is 14.3 Å². The van der Waals surface area contributed by atoms with Gasteiger partial charge in [0.15, 0.2) is 0 Å². The van der Waals surface area contributed by atoms with E-state index in [0.29, 0.717) is 12.1 Å². The van der Waals surface area contributed by atoms with Gasteiger partial charge in [-0.25, -0.2) is 9.18 Å². The maximum absolute atomic E-state index is 14.2. The van der Waals surface area contributed by atoms with Gasteiger partial charge in [0, 0.05) is 17.5 Å². The van der Waals surface area contributed by atoms with Crippen LogP contribution in [0, 0.1) is 17.2 Å². The summed E-state index contributed by atoms with van der Waals surface area (Å²) in [5.41, 5.74) is 0.441. The second-order valence-electron chi connectivity index (χ2n) is 7.03. The van der Waals surface area contributed by atoms with Gasteiger partial charge >= 0.3 is 6.03 Å². The van der Waals surface area contributed by atoms with Gasteiger partial charge < -0.3 is 15.7 Å². The molecule has 1 aromatic carbocycles. The van der Waals surface area contributed by atoms with E-state index in [1.165, 1.54) is 6.07 Å². The first-order valence-electron chi connectivity index (χ1n) is 8.53. The summed E-state index contributed by atoms with van der Waals surface area (Å²) in [7, 11) is 0. The van der Waals surface area contributed by atoms with E-state index in [1.807, 2.05) is 6.07 Å². The summed E-state index contributed by atoms with van der Waals surface area (Å²) >= 11 is 0. The number of urea groups is 1. The van der Waals surface area contributed by atoms with Gasteiger partial charge in [-0.15, -0.1) is 0 Å². The Morgan fingerprint density at radius 1 is 1.30 bits per heavy atom. The molecule has 5 heteroatoms. The fourth-order valence-corrected chi connectivity index (χ4v) is 3.50. The number of hydrogen-bond donors (Lipinski definition) is 3. The lowest BCUT2D eigenvalue weighted by Gasteiger charge is -2.26. The molecule has 0 saturated heterocycles. The summed E-state index contributed by atoms with van der Waals surface area (Å²) in [5.74, 6) is 0.0177. The van der Waals surface area contributed by atoms with Crippen molar-refractivity contribution >= 4 is 6.03 Å². The molecule has 0 heterocycles. The topological polar surface area (TPSA) is 61.4 Å². The summed E-state index contributed by atoms with van der Waals surface area (Å²) < 4.78 is 14.2. The largest absolute Gasteiger partial charge is 0.396 e. The van der Waals surface area contributed by atoms with E-state index in [9.17, 15) is 14.3 Å². The van der Waals surface area contributed by atoms with Crippen LogP contribution in [0.25, 0.3) is 0 Å². The molecule has 2 aliphatic rings. The third kappa shape index (κ3) is 3.83. The highest BCUT2D eigenvalue weighted by Gasteiger charge is 2.42. The minimum atomic E-state index is -0.289. The Morgan fingerprint density at radius 2 is 2.00 bits per heavy atom. The molecule has 2 aliphatic carbocycles. The molecule has 1 aromatic rings. The molecule has 4 nitrogen and oxygen atoms in total. The Morgan fingerprint density at radius 3 is 2.61 bits per heavy atom. The van der Waals surface area contributed by atoms with E-state index in [2.05, 4.69) is 10.6 Å². The number of aliphatic hydroxyl groups excluding tert-OH is 1. The maximum atomic E-state index is 14.2. The molecule has 1 atom stereocenters. The van der Waals surface area contributed by atoms with E-state index in [-0.39, 0.29) is 35.8 Å². The number of benzene rings is 1. The summed E-state index contributed by atoms with van der Waals surface area (Å²) in [6.07, 6.45) is 6.19. The number of hydrogen-bond acceptors (Lipinski definition) is 2. The predicted molar refractivity (Wildman–Crippen MR) is 86.4 cm³/mol. The minimum absolute atomic E-state index is 0.104. The molecular weight excluding hydrogens is 295 g/mol. The van der Waals surface area contributed by atoms with Crippen molar-refractivity contribution in [3.05, 3.63) is 35.6 Å². The molecule has 3 rings (SSSR count). The van der Waals surface area contributed by atoms with Crippen molar-refractivity contribution in [2.75, 3.05) is 13.2 Å². The lowest BCUT2D eigenvalue weighted by atomic mass is 9.91. The van der Waals surface area contributed by atoms with Crippen molar-refractivity contribution in [1.82, 2.24) is 10.6 Å². The molecule has 0 spiro atoms. The lowest BCUT2D eigenvalue weighted by Crippen LogP contribution is -2.43. The summed E-state index contributed by atoms with van der Waals surface area (Å²) in [6, 6.07) is 6.12. The van der Waals surface area contributed by atoms with E-state index < -0.39 is 0 Å². The molecule has 23 heavy (non-hydrogen) atoms. The predicted octanol–water partition coefficient (Wildman–Crippen LogP) is 3.13. The number of carbonyl (C=O) groups excluding carboxylic acids is 1. The number of amides is 2. The van der Waals surface area contributed by atoms with Crippen LogP contribution in [0.2, 0.25) is 0 Å². The van der Waals surface area contributed by atoms with Crippen molar-refractivity contribution in [2.45, 2.75) is 44.6 Å². The van der Waals surface area contributed by atoms with Crippen molar-refractivity contribution in [1.29, 1.82) is 0 Å². The highest BCUT2D eigenvalue weighted by Crippen LogP contribution is 2.44. The highest BCUT2D eigenvalue weighted by molar-refractivity contribution is 5.74. The zero-order chi connectivity index (χ0) is 16.3. The number of carbonyl (C=O) groups is 1. The average molecular weight is 320 g/mol. The number of rotatable bonds is 6. The van der Waals surface area contributed by atoms with Gasteiger partial charge in [-0.1, -0.05) is 31.0 Å². The van der Waals surface area contributed by atoms with E-state index in [0.717, 1.165) is 38.5 Å². The minimum Gasteiger partial charge on any atom is -0.396 e. The third-order valence-electron chi connectivity index (χ3n) is 5.31. The van der Waals surface area contributed by atoms with Crippen LogP contribution in [0.3, 0.4) is 0 Å². The van der Waals surface area contributed by atoms with Crippen LogP contribution >= 0.6 is 0 Å². The third-order valence-corrected chi connectivity index (χ3v) is 5.31. The summed E-state index contributed by atoms with van der Waals surface area (Å²) in [6.45, 7) is 0.580. The number of aliphatic hydroxyl groups is 1. The van der Waals surface area contributed by atoms with Gasteiger partial charge in [-0.3, -0.25) is 0 Å². The molecule has 2 fully saturated rings. The molecule has 0 bridgehead atoms. The van der Waals surface area contributed by atoms with Crippen molar-refractivity contribution in [3.8, 4) is 0 Å². The smallest absolute Gasteiger partial charge is 0.315 e. The van der Waals surface area contributed by atoms with Gasteiger partial charge in [0.25, 0.3) is 0 Å². The first-order valence-corrected chi connectivity index (χ1v) is 8.53. The molecule has 0 radical (unpaired) electrons. The molecule has 0 aliphatic heterocycles. The molecule has 1 unspecified atom stereocenters. The van der Waals surface area contributed by atoms with E-state index >= 15 is 0 Å². The number of nitrogens with one attached hydrogen (secondary N) is 2. The van der Waals surface area contributed by atoms with E-state index in [1.54, 1.807) is 12.1 Å². The van der Waals surface area contributed by atoms with Crippen LogP contribution < -0.4 is 10.6 Å². The quantitative estimate of drug-likeness (QED) is 0.754. The Kier molecular flexibility index (Phi) is 4.85. The van der Waals surface area contributed by atoms with Crippen LogP contribution in [0.1, 0.15) is 50.1 Å². The Labute approximate surface area is 136 Å². The first-order chi connectivity index (χ1) is 11.1. The van der Waals surface area contributed by atoms with Gasteiger partial charge in [0.1, 0.15) is 5.82 Å². The molecule has 2 saturated carbocycles. The maximum Gasteiger partial charge on any atom is 0.315 e. The Balaban J connectivity index is 1.66. The standard InChI is InChI=1S/C18H25FN2O2/c19-15-8-4-3-7-14(15)16(13-5-1-2-6-13)21-17(23)20-11-18(12-22)9-10-18/h3-4,7-8,13,16,22H,1-2,5-6,9-12H2,(H2,20,21,23). The van der Waals surface area contributed by atoms with Gasteiger partial charge in [-0.05, 0) is 37.7 Å². The van der Waals surface area contributed by atoms with Crippen molar-refractivity contribution in [2.24, 2.45) is 11.3 Å². The Hall–Kier alpha value is -1.62. The van der Waals surface area contributed by atoms with E-state index in [4.69, 9.17) is 0 Å². The molecule has 126 valence electrons. The molecule has 0 aromatic heterocycles. The van der Waals surface area contributed by atoms with Crippen LogP contribution in [0.15, 0.2) is 24.3 Å². The zero-order valence-corrected chi connectivity index (χ0v) is 13.4. The second kappa shape index (κ2) is 6.87. The normalized spacial score (nSPS) is 21.0. The van der Waals surface area contributed by atoms with Crippen LogP contribution in [0.4, 0.5) is 9.18 Å². The second-order valence-corrected chi connectivity index (χ2v) is 7.03. The fraction of sp³-hybridized carbons (Fsp3) is 0.611. The molecular formula is C18H25FN2O2. The monoisotopic (exact) mass is 320 g/mol. The lowest BCUT2D eigenvalue weighted by molar-refractivity contribution is 0.200. The molecule has 3 N–H and O–H groups in total. The van der Waals surface area contributed by atoms with Crippen LogP contribution in [-0.2, 0) is 0 Å². The number of halogens is 1. The first kappa shape index (κ1) is 16.2. The molecule has 2 amide bonds. The van der Waals surface area contributed by atoms with Crippen LogP contribution in [0.5, 0.6) is 0 Å². The fourth-order valence-electron chi connectivity index (χ4n) is 3.50. The summed E-state index contributed by atoms with van der Waals surface area (Å²) in [5, 5.41) is 15.1.